The van der Waals surface area contributed by atoms with Crippen LogP contribution in [0.4, 0.5) is 0 Å². The Hall–Kier alpha value is -1.23. The largest absolute Gasteiger partial charge is 0.459 e. The molecule has 0 radical (unpaired) electrons. The number of nitrogens with zero attached hydrogens (tertiary/aromatic N) is 3. The van der Waals surface area contributed by atoms with E-state index in [-0.39, 0.29) is 17.2 Å². The predicted octanol–water partition coefficient (Wildman–Crippen LogP) is 1.56. The molecule has 1 aliphatic rings. The maximum absolute atomic E-state index is 5.80. The number of nitrogens with one attached hydrogen (secondary N) is 1. The highest BCUT2D eigenvalue weighted by Crippen LogP contribution is 2.30. The van der Waals surface area contributed by atoms with Crippen molar-refractivity contribution in [2.45, 2.75) is 57.7 Å². The zero-order valence-electron chi connectivity index (χ0n) is 10.9. The van der Waals surface area contributed by atoms with Crippen LogP contribution in [0, 0.1) is 0 Å². The summed E-state index contributed by atoms with van der Waals surface area (Å²) in [7, 11) is 0. The Kier molecular flexibility index (Phi) is 3.03. The molecule has 1 aromatic heterocycles. The lowest BCUT2D eigenvalue weighted by Gasteiger charge is -2.45. The van der Waals surface area contributed by atoms with Gasteiger partial charge in [-0.05, 0) is 27.7 Å². The number of hydrogen-bond acceptors (Lipinski definition) is 5. The maximum atomic E-state index is 5.80. The highest BCUT2D eigenvalue weighted by atomic mass is 16.5. The summed E-state index contributed by atoms with van der Waals surface area (Å²) in [6, 6.07) is 0.367. The Morgan fingerprint density at radius 3 is 2.35 bits per heavy atom. The van der Waals surface area contributed by atoms with Crippen molar-refractivity contribution in [3.05, 3.63) is 12.4 Å². The Labute approximate surface area is 102 Å². The average Bonchev–Trinajstić information content (AvgIpc) is 2.13. The summed E-state index contributed by atoms with van der Waals surface area (Å²) >= 11 is 0. The molecule has 0 saturated carbocycles. The molecule has 2 heterocycles. The highest BCUT2D eigenvalue weighted by molar-refractivity contribution is 5.00. The molecule has 0 atom stereocenters. The van der Waals surface area contributed by atoms with E-state index < -0.39 is 0 Å². The fourth-order valence-corrected chi connectivity index (χ4v) is 2.75. The van der Waals surface area contributed by atoms with E-state index in [1.54, 1.807) is 12.4 Å². The van der Waals surface area contributed by atoms with Crippen molar-refractivity contribution in [3.8, 4) is 6.01 Å². The number of rotatable bonds is 2. The first kappa shape index (κ1) is 12.2. The molecular formula is C12H20N4O. The molecule has 1 saturated heterocycles. The van der Waals surface area contributed by atoms with Crippen molar-refractivity contribution in [3.63, 3.8) is 0 Å². The maximum Gasteiger partial charge on any atom is 0.335 e. The quantitative estimate of drug-likeness (QED) is 0.844. The van der Waals surface area contributed by atoms with E-state index in [4.69, 9.17) is 4.74 Å². The normalized spacial score (nSPS) is 23.3. The van der Waals surface area contributed by atoms with Crippen molar-refractivity contribution in [1.29, 1.82) is 0 Å². The van der Waals surface area contributed by atoms with Gasteiger partial charge < -0.3 is 10.1 Å². The Morgan fingerprint density at radius 2 is 1.82 bits per heavy atom. The van der Waals surface area contributed by atoms with E-state index in [1.165, 1.54) is 0 Å². The standard InChI is InChI=1S/C12H20N4O/c1-11(2)7-9(8-12(3,4)16-11)17-10-13-5-6-14-15-10/h5-6,9,16H,7-8H2,1-4H3. The number of aromatic nitrogens is 3. The zero-order chi connectivity index (χ0) is 12.5. The van der Waals surface area contributed by atoms with E-state index in [0.29, 0.717) is 6.01 Å². The Morgan fingerprint density at radius 1 is 1.18 bits per heavy atom. The van der Waals surface area contributed by atoms with Crippen LogP contribution >= 0.6 is 0 Å². The minimum absolute atomic E-state index is 0.0641. The summed E-state index contributed by atoms with van der Waals surface area (Å²) in [4.78, 5) is 4.05. The number of piperidine rings is 1. The lowest BCUT2D eigenvalue weighted by molar-refractivity contribution is 0.0490. The molecule has 0 aromatic carbocycles. The van der Waals surface area contributed by atoms with Gasteiger partial charge in [0.25, 0.3) is 0 Å². The summed E-state index contributed by atoms with van der Waals surface area (Å²) < 4.78 is 5.80. The fourth-order valence-electron chi connectivity index (χ4n) is 2.75. The van der Waals surface area contributed by atoms with Crippen LogP contribution in [0.15, 0.2) is 12.4 Å². The minimum Gasteiger partial charge on any atom is -0.459 e. The summed E-state index contributed by atoms with van der Waals surface area (Å²) in [5.41, 5.74) is 0.128. The topological polar surface area (TPSA) is 59.9 Å². The van der Waals surface area contributed by atoms with Gasteiger partial charge in [-0.25, -0.2) is 4.98 Å². The van der Waals surface area contributed by atoms with Gasteiger partial charge in [0.05, 0.1) is 12.4 Å². The lowest BCUT2D eigenvalue weighted by Crippen LogP contribution is -2.60. The first-order chi connectivity index (χ1) is 7.86. The van der Waals surface area contributed by atoms with Gasteiger partial charge in [0.1, 0.15) is 6.10 Å². The van der Waals surface area contributed by atoms with Gasteiger partial charge in [-0.2, -0.15) is 5.10 Å². The van der Waals surface area contributed by atoms with Crippen LogP contribution in [0.3, 0.4) is 0 Å². The molecule has 0 spiro atoms. The third-order valence-corrected chi connectivity index (χ3v) is 2.89. The SMILES string of the molecule is CC1(C)CC(Oc2nccnn2)CC(C)(C)N1. The van der Waals surface area contributed by atoms with E-state index in [0.717, 1.165) is 12.8 Å². The molecule has 5 nitrogen and oxygen atoms in total. The summed E-state index contributed by atoms with van der Waals surface area (Å²) in [6.07, 6.45) is 5.15. The third-order valence-electron chi connectivity index (χ3n) is 2.89. The molecule has 0 aliphatic carbocycles. The van der Waals surface area contributed by atoms with Crippen LogP contribution in [0.1, 0.15) is 40.5 Å². The molecule has 17 heavy (non-hydrogen) atoms. The van der Waals surface area contributed by atoms with Crippen molar-refractivity contribution < 1.29 is 4.74 Å². The molecule has 5 heteroatoms. The summed E-state index contributed by atoms with van der Waals surface area (Å²) in [5, 5.41) is 11.2. The van der Waals surface area contributed by atoms with Gasteiger partial charge in [-0.15, -0.1) is 0 Å². The van der Waals surface area contributed by atoms with E-state index >= 15 is 0 Å². The fraction of sp³-hybridized carbons (Fsp3) is 0.750. The molecule has 2 rings (SSSR count). The van der Waals surface area contributed by atoms with Gasteiger partial charge in [0.15, 0.2) is 0 Å². The van der Waals surface area contributed by atoms with Crippen molar-refractivity contribution in [1.82, 2.24) is 20.5 Å². The van der Waals surface area contributed by atoms with Crippen LogP contribution in [-0.4, -0.2) is 32.4 Å². The monoisotopic (exact) mass is 236 g/mol. The second kappa shape index (κ2) is 4.22. The smallest absolute Gasteiger partial charge is 0.335 e. The minimum atomic E-state index is 0.0641. The van der Waals surface area contributed by atoms with Crippen LogP contribution < -0.4 is 10.1 Å². The molecule has 1 aliphatic heterocycles. The van der Waals surface area contributed by atoms with Crippen LogP contribution in [-0.2, 0) is 0 Å². The van der Waals surface area contributed by atoms with E-state index in [1.807, 2.05) is 0 Å². The van der Waals surface area contributed by atoms with Gasteiger partial charge in [-0.1, -0.05) is 5.10 Å². The number of ether oxygens (including phenoxy) is 1. The molecule has 94 valence electrons. The molecule has 1 aromatic rings. The number of hydrogen-bond donors (Lipinski definition) is 1. The van der Waals surface area contributed by atoms with Crippen LogP contribution in [0.25, 0.3) is 0 Å². The summed E-state index contributed by atoms with van der Waals surface area (Å²) in [6.45, 7) is 8.76. The van der Waals surface area contributed by atoms with Gasteiger partial charge in [0, 0.05) is 23.9 Å². The Balaban J connectivity index is 2.06. The van der Waals surface area contributed by atoms with Gasteiger partial charge in [0.2, 0.25) is 0 Å². The first-order valence-electron chi connectivity index (χ1n) is 5.96. The third kappa shape index (κ3) is 3.36. The van der Waals surface area contributed by atoms with Crippen molar-refractivity contribution in [2.24, 2.45) is 0 Å². The second-order valence-electron chi connectivity index (χ2n) is 5.97. The zero-order valence-corrected chi connectivity index (χ0v) is 10.9. The van der Waals surface area contributed by atoms with Gasteiger partial charge >= 0.3 is 6.01 Å². The first-order valence-corrected chi connectivity index (χ1v) is 5.96. The van der Waals surface area contributed by atoms with Gasteiger partial charge in [-0.3, -0.25) is 0 Å². The van der Waals surface area contributed by atoms with Crippen LogP contribution in [0.2, 0.25) is 0 Å². The van der Waals surface area contributed by atoms with Crippen LogP contribution in [0.5, 0.6) is 6.01 Å². The Bertz CT molecular complexity index is 361. The molecule has 0 unspecified atom stereocenters. The molecule has 1 N–H and O–H groups in total. The van der Waals surface area contributed by atoms with E-state index in [2.05, 4.69) is 48.2 Å². The molecule has 1 fully saturated rings. The molecular weight excluding hydrogens is 216 g/mol. The highest BCUT2D eigenvalue weighted by Gasteiger charge is 2.38. The predicted molar refractivity (Wildman–Crippen MR) is 64.8 cm³/mol. The van der Waals surface area contributed by atoms with E-state index in [9.17, 15) is 0 Å². The average molecular weight is 236 g/mol. The summed E-state index contributed by atoms with van der Waals surface area (Å²) in [5.74, 6) is 0. The second-order valence-corrected chi connectivity index (χ2v) is 5.97. The van der Waals surface area contributed by atoms with Crippen molar-refractivity contribution >= 4 is 0 Å². The molecule has 0 amide bonds. The lowest BCUT2D eigenvalue weighted by atomic mass is 9.81. The van der Waals surface area contributed by atoms with Crippen molar-refractivity contribution in [2.75, 3.05) is 0 Å². The molecule has 0 bridgehead atoms.